The zero-order chi connectivity index (χ0) is 14.9. The van der Waals surface area contributed by atoms with Crippen molar-refractivity contribution >= 4 is 11.8 Å². The summed E-state index contributed by atoms with van der Waals surface area (Å²) < 4.78 is 19.9. The summed E-state index contributed by atoms with van der Waals surface area (Å²) in [4.78, 5) is 15.8. The first-order chi connectivity index (χ1) is 9.49. The van der Waals surface area contributed by atoms with Crippen molar-refractivity contribution in [3.63, 3.8) is 0 Å². The average molecular weight is 277 g/mol. The second kappa shape index (κ2) is 5.32. The van der Waals surface area contributed by atoms with Crippen LogP contribution in [0.5, 0.6) is 0 Å². The van der Waals surface area contributed by atoms with E-state index in [9.17, 15) is 9.18 Å². The summed E-state index contributed by atoms with van der Waals surface area (Å²) in [6.45, 7) is 3.56. The number of carbonyl (C=O) groups is 1. The molecular weight excluding hydrogens is 261 g/mol. The number of halogens is 1. The number of anilines is 1. The van der Waals surface area contributed by atoms with E-state index >= 15 is 0 Å². The lowest BCUT2D eigenvalue weighted by molar-refractivity contribution is 0.0596. The minimum Gasteiger partial charge on any atom is -0.464 e. The molecule has 0 spiro atoms. The molecule has 0 aliphatic rings. The van der Waals surface area contributed by atoms with Gasteiger partial charge in [-0.3, -0.25) is 4.57 Å². The fourth-order valence-corrected chi connectivity index (χ4v) is 1.97. The Morgan fingerprint density at radius 1 is 1.50 bits per heavy atom. The number of aromatic nitrogens is 2. The summed E-state index contributed by atoms with van der Waals surface area (Å²) >= 11 is 0. The minimum atomic E-state index is -0.608. The molecule has 2 aromatic rings. The molecule has 0 saturated carbocycles. The molecule has 106 valence electrons. The van der Waals surface area contributed by atoms with Crippen LogP contribution in [0.4, 0.5) is 10.2 Å². The molecule has 1 aromatic carbocycles. The number of rotatable bonds is 3. The number of nitrogens with zero attached hydrogens (tertiary/aromatic N) is 2. The van der Waals surface area contributed by atoms with Crippen LogP contribution in [0.15, 0.2) is 18.2 Å². The molecule has 0 unspecified atom stereocenters. The van der Waals surface area contributed by atoms with Gasteiger partial charge >= 0.3 is 5.97 Å². The summed E-state index contributed by atoms with van der Waals surface area (Å²) in [6, 6.07) is 4.76. The Bertz CT molecular complexity index is 665. The zero-order valence-electron chi connectivity index (χ0n) is 11.6. The highest BCUT2D eigenvalue weighted by atomic mass is 19.1. The molecule has 2 rings (SSSR count). The Labute approximate surface area is 116 Å². The normalized spacial score (nSPS) is 10.6. The molecule has 0 fully saturated rings. The molecule has 0 radical (unpaired) electrons. The molecule has 6 heteroatoms. The van der Waals surface area contributed by atoms with Crippen molar-refractivity contribution < 1.29 is 13.9 Å². The van der Waals surface area contributed by atoms with Crippen molar-refractivity contribution in [2.24, 2.45) is 0 Å². The summed E-state index contributed by atoms with van der Waals surface area (Å²) in [6.07, 6.45) is 0.552. The van der Waals surface area contributed by atoms with Crippen molar-refractivity contribution in [3.8, 4) is 5.69 Å². The second-order valence-corrected chi connectivity index (χ2v) is 4.38. The predicted octanol–water partition coefficient (Wildman–Crippen LogP) is 2.25. The van der Waals surface area contributed by atoms with Gasteiger partial charge in [0.1, 0.15) is 17.5 Å². The van der Waals surface area contributed by atoms with Crippen LogP contribution in [0.3, 0.4) is 0 Å². The summed E-state index contributed by atoms with van der Waals surface area (Å²) in [5.41, 5.74) is 7.07. The molecule has 0 saturated heterocycles. The Hall–Kier alpha value is -2.37. The Balaban J connectivity index is 2.63. The third kappa shape index (κ3) is 2.24. The number of nitrogen functional groups attached to an aromatic ring is 1. The van der Waals surface area contributed by atoms with E-state index in [1.807, 2.05) is 6.92 Å². The van der Waals surface area contributed by atoms with Crippen LogP contribution in [0.2, 0.25) is 0 Å². The zero-order valence-corrected chi connectivity index (χ0v) is 11.6. The lowest BCUT2D eigenvalue weighted by Crippen LogP contribution is -2.08. The minimum absolute atomic E-state index is 0.0466. The number of benzene rings is 1. The first kappa shape index (κ1) is 14.0. The van der Waals surface area contributed by atoms with Gasteiger partial charge in [-0.2, -0.15) is 0 Å². The maximum Gasteiger partial charge on any atom is 0.360 e. The van der Waals surface area contributed by atoms with Gasteiger partial charge in [-0.1, -0.05) is 13.0 Å². The van der Waals surface area contributed by atoms with E-state index in [1.54, 1.807) is 23.6 Å². The maximum absolute atomic E-state index is 13.7. The third-order valence-corrected chi connectivity index (χ3v) is 3.09. The smallest absolute Gasteiger partial charge is 0.360 e. The first-order valence-corrected chi connectivity index (χ1v) is 6.21. The molecule has 20 heavy (non-hydrogen) atoms. The van der Waals surface area contributed by atoms with Crippen LogP contribution in [-0.4, -0.2) is 22.6 Å². The van der Waals surface area contributed by atoms with Gasteiger partial charge in [0.15, 0.2) is 5.69 Å². The quantitative estimate of drug-likeness (QED) is 0.873. The van der Waals surface area contributed by atoms with E-state index in [0.717, 1.165) is 0 Å². The number of aryl methyl sites for hydroxylation is 2. The summed E-state index contributed by atoms with van der Waals surface area (Å²) in [7, 11) is 1.26. The number of ether oxygens (including phenoxy) is 1. The molecule has 1 heterocycles. The van der Waals surface area contributed by atoms with Gasteiger partial charge in [0.25, 0.3) is 0 Å². The largest absolute Gasteiger partial charge is 0.464 e. The second-order valence-electron chi connectivity index (χ2n) is 4.38. The van der Waals surface area contributed by atoms with Gasteiger partial charge in [0.2, 0.25) is 0 Å². The van der Waals surface area contributed by atoms with E-state index in [0.29, 0.717) is 23.5 Å². The SMILES string of the molecule is CCc1nc(C(=O)OC)c(N)n1-c1ccc(C)c(F)c1. The molecular formula is C14H16FN3O2. The van der Waals surface area contributed by atoms with Gasteiger partial charge in [-0.05, 0) is 24.6 Å². The van der Waals surface area contributed by atoms with E-state index in [-0.39, 0.29) is 17.3 Å². The number of methoxy groups -OCH3 is 1. The number of imidazole rings is 1. The van der Waals surface area contributed by atoms with Gasteiger partial charge in [0.05, 0.1) is 12.8 Å². The molecule has 2 N–H and O–H groups in total. The highest BCUT2D eigenvalue weighted by Crippen LogP contribution is 2.23. The standard InChI is InChI=1S/C14H16FN3O2/c1-4-11-17-12(14(19)20-3)13(16)18(11)9-6-5-8(2)10(15)7-9/h5-7H,4,16H2,1-3H3. The number of carbonyl (C=O) groups excluding carboxylic acids is 1. The molecule has 5 nitrogen and oxygen atoms in total. The average Bonchev–Trinajstić information content (AvgIpc) is 2.78. The molecule has 0 aliphatic carbocycles. The first-order valence-electron chi connectivity index (χ1n) is 6.21. The van der Waals surface area contributed by atoms with Crippen molar-refractivity contribution in [2.75, 3.05) is 12.8 Å². The van der Waals surface area contributed by atoms with Crippen molar-refractivity contribution in [2.45, 2.75) is 20.3 Å². The van der Waals surface area contributed by atoms with E-state index < -0.39 is 5.97 Å². The van der Waals surface area contributed by atoms with Crippen molar-refractivity contribution in [1.82, 2.24) is 9.55 Å². The van der Waals surface area contributed by atoms with Gasteiger partial charge in [-0.25, -0.2) is 14.2 Å². The van der Waals surface area contributed by atoms with Crippen LogP contribution >= 0.6 is 0 Å². The van der Waals surface area contributed by atoms with Gasteiger partial charge in [0, 0.05) is 6.42 Å². The number of nitrogens with two attached hydrogens (primary N) is 1. The van der Waals surface area contributed by atoms with Crippen LogP contribution in [0.1, 0.15) is 28.8 Å². The molecule has 1 aromatic heterocycles. The monoisotopic (exact) mass is 277 g/mol. The van der Waals surface area contributed by atoms with Crippen LogP contribution < -0.4 is 5.73 Å². The van der Waals surface area contributed by atoms with Crippen LogP contribution in [-0.2, 0) is 11.2 Å². The van der Waals surface area contributed by atoms with E-state index in [4.69, 9.17) is 5.73 Å². The van der Waals surface area contributed by atoms with E-state index in [1.165, 1.54) is 13.2 Å². The highest BCUT2D eigenvalue weighted by molar-refractivity contribution is 5.92. The number of hydrogen-bond acceptors (Lipinski definition) is 4. The Morgan fingerprint density at radius 2 is 2.20 bits per heavy atom. The van der Waals surface area contributed by atoms with Crippen LogP contribution in [0, 0.1) is 12.7 Å². The van der Waals surface area contributed by atoms with E-state index in [2.05, 4.69) is 9.72 Å². The fraction of sp³-hybridized carbons (Fsp3) is 0.286. The lowest BCUT2D eigenvalue weighted by Gasteiger charge is -2.09. The topological polar surface area (TPSA) is 70.1 Å². The highest BCUT2D eigenvalue weighted by Gasteiger charge is 2.21. The fourth-order valence-electron chi connectivity index (χ4n) is 1.97. The molecule has 0 bridgehead atoms. The lowest BCUT2D eigenvalue weighted by atomic mass is 10.2. The third-order valence-electron chi connectivity index (χ3n) is 3.09. The Morgan fingerprint density at radius 3 is 2.75 bits per heavy atom. The molecule has 0 amide bonds. The number of hydrogen-bond donors (Lipinski definition) is 1. The maximum atomic E-state index is 13.7. The summed E-state index contributed by atoms with van der Waals surface area (Å²) in [5.74, 6) is -0.219. The van der Waals surface area contributed by atoms with Crippen molar-refractivity contribution in [1.29, 1.82) is 0 Å². The predicted molar refractivity (Wildman–Crippen MR) is 73.4 cm³/mol. The van der Waals surface area contributed by atoms with Crippen LogP contribution in [0.25, 0.3) is 5.69 Å². The molecule has 0 aliphatic heterocycles. The summed E-state index contributed by atoms with van der Waals surface area (Å²) in [5, 5.41) is 0. The Kier molecular flexibility index (Phi) is 3.74. The van der Waals surface area contributed by atoms with Gasteiger partial charge in [-0.15, -0.1) is 0 Å². The van der Waals surface area contributed by atoms with Gasteiger partial charge < -0.3 is 10.5 Å². The number of esters is 1. The van der Waals surface area contributed by atoms with Crippen molar-refractivity contribution in [3.05, 3.63) is 41.1 Å². The molecule has 0 atom stereocenters.